The highest BCUT2D eigenvalue weighted by Gasteiger charge is 2.22. The molecule has 0 aliphatic rings. The number of anilines is 2. The Labute approximate surface area is 258 Å². The van der Waals surface area contributed by atoms with E-state index >= 15 is 0 Å². The van der Waals surface area contributed by atoms with Crippen molar-refractivity contribution in [1.82, 2.24) is 9.71 Å². The molecule has 0 aliphatic carbocycles. The van der Waals surface area contributed by atoms with Gasteiger partial charge in [0.25, 0.3) is 20.2 Å². The van der Waals surface area contributed by atoms with Crippen molar-refractivity contribution in [2.24, 2.45) is 23.2 Å². The summed E-state index contributed by atoms with van der Waals surface area (Å²) in [5.74, 6) is 12.0. The molecule has 0 aliphatic heterocycles. The number of hydrogen-bond donors (Lipinski definition) is 9. The van der Waals surface area contributed by atoms with Crippen molar-refractivity contribution >= 4 is 53.0 Å². The number of hydrazine groups is 2. The van der Waals surface area contributed by atoms with Gasteiger partial charge >= 0.3 is 0 Å². The zero-order valence-corrected chi connectivity index (χ0v) is 25.5. The number of benzene rings is 2. The van der Waals surface area contributed by atoms with Gasteiger partial charge in [0.05, 0.1) is 68.1 Å². The molecular formula is C24H30N8O10S3. The fourth-order valence-electron chi connectivity index (χ4n) is 3.54. The number of hydrogen-bond acceptors (Lipinski definition) is 15. The largest absolute Gasteiger partial charge is 0.396 e. The van der Waals surface area contributed by atoms with E-state index in [-0.39, 0.29) is 43.9 Å². The van der Waals surface area contributed by atoms with Crippen LogP contribution in [0.4, 0.5) is 11.4 Å². The molecule has 0 saturated heterocycles. The highest BCUT2D eigenvalue weighted by molar-refractivity contribution is 7.89. The first-order valence-corrected chi connectivity index (χ1v) is 16.7. The van der Waals surface area contributed by atoms with Gasteiger partial charge < -0.3 is 21.7 Å². The molecule has 1 heterocycles. The van der Waals surface area contributed by atoms with E-state index in [1.54, 1.807) is 0 Å². The average molecular weight is 687 g/mol. The summed E-state index contributed by atoms with van der Waals surface area (Å²) in [7, 11) is -13.3. The molecule has 244 valence electrons. The van der Waals surface area contributed by atoms with Crippen molar-refractivity contribution in [2.45, 2.75) is 20.7 Å². The van der Waals surface area contributed by atoms with Crippen LogP contribution in [0.2, 0.25) is 0 Å². The van der Waals surface area contributed by atoms with E-state index in [0.717, 1.165) is 58.8 Å². The zero-order chi connectivity index (χ0) is 33.7. The Hall–Kier alpha value is -4.16. The van der Waals surface area contributed by atoms with Crippen molar-refractivity contribution in [2.75, 3.05) is 23.2 Å². The maximum absolute atomic E-state index is 13.1. The van der Waals surface area contributed by atoms with Crippen molar-refractivity contribution in [3.8, 4) is 0 Å². The minimum absolute atomic E-state index is 0.167. The number of nitrogens with zero attached hydrogens (tertiary/aromatic N) is 3. The molecule has 0 fully saturated rings. The minimum Gasteiger partial charge on any atom is -0.396 e. The maximum atomic E-state index is 13.1. The number of sulfonamides is 1. The molecule has 18 nitrogen and oxygen atoms in total. The van der Waals surface area contributed by atoms with E-state index in [4.69, 9.17) is 32.3 Å². The molecule has 3 rings (SSSR count). The predicted molar refractivity (Wildman–Crippen MR) is 163 cm³/mol. The number of nitrogens with one attached hydrogen (secondary N) is 1. The van der Waals surface area contributed by atoms with Crippen LogP contribution in [0.25, 0.3) is 11.4 Å². The lowest BCUT2D eigenvalue weighted by Gasteiger charge is -2.18. The van der Waals surface area contributed by atoms with Crippen molar-refractivity contribution in [1.29, 1.82) is 0 Å². The molecular weight excluding hydrogens is 657 g/mol. The van der Waals surface area contributed by atoms with E-state index in [1.807, 2.05) is 0 Å². The topological polar surface area (TPSA) is 319 Å². The molecule has 1 aromatic heterocycles. The van der Waals surface area contributed by atoms with Gasteiger partial charge in [-0.15, -0.1) is 0 Å². The first kappa shape index (κ1) is 35.3. The van der Waals surface area contributed by atoms with E-state index in [0.29, 0.717) is 0 Å². The fraction of sp³-hybridized carbons (Fsp3) is 0.125. The Bertz CT molecular complexity index is 1800. The fourth-order valence-corrected chi connectivity index (χ4v) is 5.76. The van der Waals surface area contributed by atoms with Crippen molar-refractivity contribution < 1.29 is 44.6 Å². The summed E-state index contributed by atoms with van der Waals surface area (Å²) in [6.45, 7) is -1.44. The summed E-state index contributed by atoms with van der Waals surface area (Å²) in [5, 5.41) is 20.7. The number of pyridine rings is 1. The van der Waals surface area contributed by atoms with Gasteiger partial charge in [0.1, 0.15) is 0 Å². The smallest absolute Gasteiger partial charge is 0.294 e. The first-order chi connectivity index (χ1) is 20.8. The second-order valence-electron chi connectivity index (χ2n) is 9.18. The van der Waals surface area contributed by atoms with Crippen LogP contribution in [0, 0.1) is 0 Å². The van der Waals surface area contributed by atoms with E-state index < -0.39 is 54.4 Å². The van der Waals surface area contributed by atoms with Crippen molar-refractivity contribution in [3.05, 3.63) is 84.5 Å². The third kappa shape index (κ3) is 9.18. The lowest BCUT2D eigenvalue weighted by atomic mass is 10.2. The van der Waals surface area contributed by atoms with Crippen LogP contribution in [0.15, 0.2) is 87.8 Å². The highest BCUT2D eigenvalue weighted by Crippen LogP contribution is 2.23. The number of aliphatic hydroxyl groups excluding tert-OH is 2. The molecule has 2 aromatic carbocycles. The average Bonchev–Trinajstić information content (AvgIpc) is 2.98. The van der Waals surface area contributed by atoms with E-state index in [2.05, 4.69) is 9.71 Å². The number of aromatic nitrogens is 1. The normalized spacial score (nSPS) is 13.2. The van der Waals surface area contributed by atoms with Crippen LogP contribution in [0.1, 0.15) is 11.4 Å². The molecule has 0 bridgehead atoms. The van der Waals surface area contributed by atoms with Crippen molar-refractivity contribution in [3.63, 3.8) is 0 Å². The van der Waals surface area contributed by atoms with Crippen LogP contribution in [0.3, 0.4) is 0 Å². The standard InChI is InChI=1S/C24H30N8O10S3/c25-21(11-31(27)16-1-5-18(6-2-16)44(37,38)39)23-9-20(43(35,36)30-15(13-33)14-34)10-24(29-23)22(26)12-32(28)17-3-7-19(8-4-17)45(40,41)42/h1-12,15,30,33-34H,13-14,25-28H2,(H,37,38,39)(H,40,41,42)/b21-11-,22-12-. The second-order valence-corrected chi connectivity index (χ2v) is 13.7. The Morgan fingerprint density at radius 2 is 1.07 bits per heavy atom. The Balaban J connectivity index is 2.07. The summed E-state index contributed by atoms with van der Waals surface area (Å²) in [4.78, 5) is 3.07. The summed E-state index contributed by atoms with van der Waals surface area (Å²) < 4.78 is 92.0. The number of rotatable bonds is 13. The molecule has 0 unspecified atom stereocenters. The third-order valence-corrected chi connectivity index (χ3v) is 9.12. The Kier molecular flexibility index (Phi) is 10.9. The monoisotopic (exact) mass is 686 g/mol. The zero-order valence-electron chi connectivity index (χ0n) is 23.0. The third-order valence-electron chi connectivity index (χ3n) is 5.89. The molecule has 0 radical (unpaired) electrons. The van der Waals surface area contributed by atoms with Crippen LogP contribution in [0.5, 0.6) is 0 Å². The highest BCUT2D eigenvalue weighted by atomic mass is 32.2. The Morgan fingerprint density at radius 1 is 0.711 bits per heavy atom. The number of nitrogens with two attached hydrogens (primary N) is 4. The lowest BCUT2D eigenvalue weighted by Crippen LogP contribution is -2.40. The molecule has 13 N–H and O–H groups in total. The molecule has 0 amide bonds. The summed E-state index contributed by atoms with van der Waals surface area (Å²) >= 11 is 0. The van der Waals surface area contributed by atoms with Gasteiger partial charge in [-0.3, -0.25) is 19.1 Å². The second kappa shape index (κ2) is 13.9. The molecule has 21 heteroatoms. The van der Waals surface area contributed by atoms with E-state index in [9.17, 15) is 35.5 Å². The molecule has 0 spiro atoms. The van der Waals surface area contributed by atoms with Gasteiger partial charge in [0.15, 0.2) is 0 Å². The Morgan fingerprint density at radius 3 is 1.38 bits per heavy atom. The molecule has 0 atom stereocenters. The molecule has 45 heavy (non-hydrogen) atoms. The van der Waals surface area contributed by atoms with Gasteiger partial charge in [-0.05, 0) is 60.7 Å². The van der Waals surface area contributed by atoms with Gasteiger partial charge in [-0.25, -0.2) is 29.8 Å². The SMILES string of the molecule is N/C(=C\N(N)c1ccc(S(=O)(=O)O)cc1)c1cc(S(=O)(=O)NC(CO)CO)cc(/C(N)=C/N(N)c2ccc(S(=O)(=O)O)cc2)n1. The van der Waals surface area contributed by atoms with Crippen LogP contribution >= 0.6 is 0 Å². The minimum atomic E-state index is -4.46. The number of aliphatic hydroxyl groups is 2. The van der Waals surface area contributed by atoms with Crippen LogP contribution < -0.4 is 37.9 Å². The predicted octanol–water partition coefficient (Wildman–Crippen LogP) is -1.52. The quantitative estimate of drug-likeness (QED) is 0.0560. The molecule has 3 aromatic rings. The lowest BCUT2D eigenvalue weighted by molar-refractivity contribution is 0.185. The summed E-state index contributed by atoms with van der Waals surface area (Å²) in [5.41, 5.74) is 12.1. The molecule has 0 saturated carbocycles. The van der Waals surface area contributed by atoms with E-state index in [1.165, 1.54) is 24.3 Å². The van der Waals surface area contributed by atoms with Gasteiger partial charge in [0.2, 0.25) is 10.0 Å². The van der Waals surface area contributed by atoms with Crippen LogP contribution in [-0.2, 0) is 30.3 Å². The van der Waals surface area contributed by atoms with Crippen LogP contribution in [-0.4, -0.2) is 68.8 Å². The first-order valence-electron chi connectivity index (χ1n) is 12.3. The van der Waals surface area contributed by atoms with Gasteiger partial charge in [0, 0.05) is 12.4 Å². The van der Waals surface area contributed by atoms with Gasteiger partial charge in [-0.2, -0.15) is 16.8 Å². The summed E-state index contributed by atoms with van der Waals surface area (Å²) in [6, 6.07) is 10.3. The van der Waals surface area contributed by atoms with Gasteiger partial charge in [-0.1, -0.05) is 0 Å². The maximum Gasteiger partial charge on any atom is 0.294 e. The summed E-state index contributed by atoms with van der Waals surface area (Å²) in [6.07, 6.45) is 2.27.